The third-order valence-corrected chi connectivity index (χ3v) is 5.86. The van der Waals surface area contributed by atoms with E-state index in [0.29, 0.717) is 6.04 Å². The molecule has 2 aromatic rings. The summed E-state index contributed by atoms with van der Waals surface area (Å²) in [5.41, 5.74) is 2.52. The number of rotatable bonds is 6. The predicted molar refractivity (Wildman–Crippen MR) is 103 cm³/mol. The summed E-state index contributed by atoms with van der Waals surface area (Å²) in [6.07, 6.45) is 0. The van der Waals surface area contributed by atoms with E-state index in [-0.39, 0.29) is 0 Å². The highest BCUT2D eigenvalue weighted by atomic mass is 32.1. The van der Waals surface area contributed by atoms with Crippen molar-refractivity contribution in [2.24, 2.45) is 0 Å². The van der Waals surface area contributed by atoms with Gasteiger partial charge in [-0.15, -0.1) is 11.3 Å². The molecule has 130 valence electrons. The van der Waals surface area contributed by atoms with Crippen molar-refractivity contribution in [2.45, 2.75) is 33.4 Å². The Kier molecular flexibility index (Phi) is 5.87. The first-order valence-electron chi connectivity index (χ1n) is 8.81. The molecule has 1 N–H and O–H groups in total. The van der Waals surface area contributed by atoms with Gasteiger partial charge in [-0.3, -0.25) is 4.90 Å². The van der Waals surface area contributed by atoms with E-state index in [1.54, 1.807) is 11.3 Å². The van der Waals surface area contributed by atoms with Crippen molar-refractivity contribution in [3.63, 3.8) is 0 Å². The van der Waals surface area contributed by atoms with Gasteiger partial charge in [-0.2, -0.15) is 0 Å². The number of aryl methyl sites for hydroxylation is 2. The number of piperazine rings is 1. The van der Waals surface area contributed by atoms with Crippen LogP contribution in [0.2, 0.25) is 0 Å². The fourth-order valence-electron chi connectivity index (χ4n) is 3.32. The summed E-state index contributed by atoms with van der Waals surface area (Å²) in [4.78, 5) is 10.9. The molecular weight excluding hydrogens is 316 g/mol. The summed E-state index contributed by atoms with van der Waals surface area (Å²) in [5, 5.41) is 4.77. The van der Waals surface area contributed by atoms with E-state index < -0.39 is 0 Å². The molecule has 0 bridgehead atoms. The normalized spacial score (nSPS) is 17.2. The van der Waals surface area contributed by atoms with Crippen LogP contribution < -0.4 is 10.2 Å². The van der Waals surface area contributed by atoms with Crippen molar-refractivity contribution in [2.75, 3.05) is 37.6 Å². The van der Waals surface area contributed by atoms with E-state index in [9.17, 15) is 0 Å². The summed E-state index contributed by atoms with van der Waals surface area (Å²) in [7, 11) is 0. The minimum atomic E-state index is 0.567. The summed E-state index contributed by atoms with van der Waals surface area (Å²) in [6, 6.07) is 11.3. The highest BCUT2D eigenvalue weighted by Crippen LogP contribution is 2.18. The van der Waals surface area contributed by atoms with E-state index >= 15 is 0 Å². The van der Waals surface area contributed by atoms with Crippen molar-refractivity contribution < 1.29 is 0 Å². The highest BCUT2D eigenvalue weighted by molar-refractivity contribution is 7.11. The lowest BCUT2D eigenvalue weighted by Gasteiger charge is -2.39. The average Bonchev–Trinajstić information content (AvgIpc) is 2.93. The Morgan fingerprint density at radius 1 is 1.12 bits per heavy atom. The minimum Gasteiger partial charge on any atom is -0.369 e. The van der Waals surface area contributed by atoms with E-state index in [2.05, 4.69) is 71.2 Å². The molecule has 3 rings (SSSR count). The molecule has 1 atom stereocenters. The van der Waals surface area contributed by atoms with Gasteiger partial charge in [0.2, 0.25) is 0 Å². The highest BCUT2D eigenvalue weighted by Gasteiger charge is 2.21. The number of benzene rings is 1. The maximum atomic E-state index is 4.50. The lowest BCUT2D eigenvalue weighted by Crippen LogP contribution is -2.51. The first kappa shape index (κ1) is 17.4. The Balaban J connectivity index is 1.42. The van der Waals surface area contributed by atoms with E-state index in [1.807, 2.05) is 0 Å². The number of hydrogen-bond acceptors (Lipinski definition) is 5. The van der Waals surface area contributed by atoms with Gasteiger partial charge in [0.25, 0.3) is 0 Å². The van der Waals surface area contributed by atoms with Crippen molar-refractivity contribution in [3.8, 4) is 0 Å². The second-order valence-electron chi connectivity index (χ2n) is 6.58. The maximum Gasteiger partial charge on any atom is 0.0900 e. The van der Waals surface area contributed by atoms with Crippen LogP contribution >= 0.6 is 11.3 Å². The van der Waals surface area contributed by atoms with Gasteiger partial charge in [0.15, 0.2) is 0 Å². The largest absolute Gasteiger partial charge is 0.369 e. The maximum absolute atomic E-state index is 4.50. The van der Waals surface area contributed by atoms with Crippen LogP contribution in [0.5, 0.6) is 0 Å². The average molecular weight is 345 g/mol. The van der Waals surface area contributed by atoms with Crippen LogP contribution in [0, 0.1) is 13.8 Å². The molecular formula is C19H28N4S. The van der Waals surface area contributed by atoms with Crippen LogP contribution in [0.15, 0.2) is 30.3 Å². The second-order valence-corrected chi connectivity index (χ2v) is 7.87. The van der Waals surface area contributed by atoms with Crippen molar-refractivity contribution >= 4 is 17.0 Å². The zero-order valence-corrected chi connectivity index (χ0v) is 15.8. The molecule has 0 spiro atoms. The van der Waals surface area contributed by atoms with Crippen molar-refractivity contribution in [1.82, 2.24) is 15.2 Å². The quantitative estimate of drug-likeness (QED) is 0.873. The fraction of sp³-hybridized carbons (Fsp3) is 0.526. The lowest BCUT2D eigenvalue weighted by molar-refractivity contribution is 0.193. The van der Waals surface area contributed by atoms with Gasteiger partial charge in [-0.25, -0.2) is 4.98 Å². The van der Waals surface area contributed by atoms with Crippen molar-refractivity contribution in [3.05, 3.63) is 45.9 Å². The summed E-state index contributed by atoms with van der Waals surface area (Å²) < 4.78 is 0. The molecule has 24 heavy (non-hydrogen) atoms. The number of hydrogen-bond donors (Lipinski definition) is 1. The van der Waals surface area contributed by atoms with Crippen LogP contribution in [0.4, 0.5) is 5.69 Å². The van der Waals surface area contributed by atoms with E-state index in [0.717, 1.165) is 44.3 Å². The molecule has 2 heterocycles. The lowest BCUT2D eigenvalue weighted by atomic mass is 10.2. The van der Waals surface area contributed by atoms with Crippen LogP contribution in [-0.4, -0.2) is 48.6 Å². The molecule has 1 fully saturated rings. The Bertz CT molecular complexity index is 632. The Morgan fingerprint density at radius 2 is 1.83 bits per heavy atom. The molecule has 0 radical (unpaired) electrons. The van der Waals surface area contributed by atoms with Gasteiger partial charge in [0.1, 0.15) is 0 Å². The van der Waals surface area contributed by atoms with Gasteiger partial charge < -0.3 is 10.2 Å². The number of aromatic nitrogens is 1. The summed E-state index contributed by atoms with van der Waals surface area (Å²) in [5.74, 6) is 0. The van der Waals surface area contributed by atoms with Crippen LogP contribution in [0.25, 0.3) is 0 Å². The first-order valence-corrected chi connectivity index (χ1v) is 9.63. The van der Waals surface area contributed by atoms with Crippen LogP contribution in [0.1, 0.15) is 22.5 Å². The smallest absolute Gasteiger partial charge is 0.0900 e. The molecule has 4 nitrogen and oxygen atoms in total. The molecule has 1 aliphatic rings. The third-order valence-electron chi connectivity index (χ3n) is 4.78. The summed E-state index contributed by atoms with van der Waals surface area (Å²) in [6.45, 7) is 13.0. The van der Waals surface area contributed by atoms with Crippen LogP contribution in [-0.2, 0) is 6.54 Å². The Labute approximate surface area is 149 Å². The number of thiazole rings is 1. The molecule has 0 saturated carbocycles. The topological polar surface area (TPSA) is 31.4 Å². The molecule has 0 amide bonds. The molecule has 0 unspecified atom stereocenters. The summed E-state index contributed by atoms with van der Waals surface area (Å²) >= 11 is 1.81. The van der Waals surface area contributed by atoms with E-state index in [1.165, 1.54) is 16.3 Å². The zero-order valence-electron chi connectivity index (χ0n) is 15.0. The zero-order chi connectivity index (χ0) is 16.9. The monoisotopic (exact) mass is 344 g/mol. The molecule has 0 aliphatic carbocycles. The van der Waals surface area contributed by atoms with Gasteiger partial charge in [0, 0.05) is 55.9 Å². The predicted octanol–water partition coefficient (Wildman–Crippen LogP) is 3.06. The molecule has 1 aliphatic heterocycles. The van der Waals surface area contributed by atoms with Gasteiger partial charge in [0.05, 0.1) is 10.7 Å². The SMILES string of the molecule is Cc1nc(C)c(CNC[C@H](C)N2CCN(c3ccccc3)CC2)s1. The number of anilines is 1. The Hall–Kier alpha value is -1.43. The molecule has 1 aromatic heterocycles. The van der Waals surface area contributed by atoms with Gasteiger partial charge in [-0.1, -0.05) is 18.2 Å². The number of para-hydroxylation sites is 1. The molecule has 5 heteroatoms. The van der Waals surface area contributed by atoms with Crippen LogP contribution in [0.3, 0.4) is 0 Å². The fourth-order valence-corrected chi connectivity index (χ4v) is 4.23. The van der Waals surface area contributed by atoms with Gasteiger partial charge in [-0.05, 0) is 32.9 Å². The third kappa shape index (κ3) is 4.35. The first-order chi connectivity index (χ1) is 11.6. The van der Waals surface area contributed by atoms with E-state index in [4.69, 9.17) is 0 Å². The van der Waals surface area contributed by atoms with Crippen molar-refractivity contribution in [1.29, 1.82) is 0 Å². The number of nitrogens with zero attached hydrogens (tertiary/aromatic N) is 3. The van der Waals surface area contributed by atoms with Gasteiger partial charge >= 0.3 is 0 Å². The second kappa shape index (κ2) is 8.10. The minimum absolute atomic E-state index is 0.567. The molecule has 1 saturated heterocycles. The Morgan fingerprint density at radius 3 is 2.46 bits per heavy atom. The number of nitrogens with one attached hydrogen (secondary N) is 1. The standard InChI is InChI=1S/C19H28N4S/c1-15(13-20-14-19-16(2)21-17(3)24-19)22-9-11-23(12-10-22)18-7-5-4-6-8-18/h4-8,15,20H,9-14H2,1-3H3/t15-/m0/s1. The molecule has 1 aromatic carbocycles.